The first-order valence-electron chi connectivity index (χ1n) is 14.3. The van der Waals surface area contributed by atoms with Crippen molar-refractivity contribution in [3.8, 4) is 0 Å². The summed E-state index contributed by atoms with van der Waals surface area (Å²) in [4.78, 5) is 30.1. The molecular weight excluding hydrogens is 533 g/mol. The Balaban J connectivity index is 1.22. The number of halogens is 3. The number of carbonyl (C=O) groups is 2. The lowest BCUT2D eigenvalue weighted by Gasteiger charge is -2.31. The predicted octanol–water partition coefficient (Wildman–Crippen LogP) is 7.34. The second-order valence-corrected chi connectivity index (χ2v) is 11.2. The van der Waals surface area contributed by atoms with Crippen LogP contribution in [0.1, 0.15) is 89.7 Å². The summed E-state index contributed by atoms with van der Waals surface area (Å²) in [6.07, 6.45) is 0.754. The van der Waals surface area contributed by atoms with Crippen LogP contribution in [0.5, 0.6) is 0 Å². The standard InChI is InChI=1S/C32H35F3N2O4/c1-40-28(39)20-22-9-13-25(14-10-22)24-11-7-21(8-12-24)19-27(38)29-30(32(33,34)35)36-31(41-29)37-17-15-26(16-18-37)23-5-3-2-4-6-23/h2-8,11-12,22,25-26H,9-10,13-20H2,1H3. The van der Waals surface area contributed by atoms with E-state index in [0.29, 0.717) is 42.8 Å². The summed E-state index contributed by atoms with van der Waals surface area (Å²) in [7, 11) is 1.40. The molecule has 41 heavy (non-hydrogen) atoms. The van der Waals surface area contributed by atoms with Gasteiger partial charge < -0.3 is 14.1 Å². The molecule has 2 aliphatic rings. The molecule has 1 saturated heterocycles. The average molecular weight is 569 g/mol. The maximum atomic E-state index is 13.9. The molecule has 1 aliphatic carbocycles. The average Bonchev–Trinajstić information content (AvgIpc) is 3.45. The molecule has 0 atom stereocenters. The van der Waals surface area contributed by atoms with Gasteiger partial charge in [-0.05, 0) is 73.0 Å². The molecule has 1 aliphatic heterocycles. The van der Waals surface area contributed by atoms with Gasteiger partial charge >= 0.3 is 12.1 Å². The van der Waals surface area contributed by atoms with E-state index in [-0.39, 0.29) is 18.4 Å². The molecule has 2 heterocycles. The molecule has 2 aromatic carbocycles. The van der Waals surface area contributed by atoms with Gasteiger partial charge in [0, 0.05) is 25.9 Å². The molecule has 0 amide bonds. The number of alkyl halides is 3. The monoisotopic (exact) mass is 568 g/mol. The van der Waals surface area contributed by atoms with Crippen LogP contribution in [-0.2, 0) is 22.1 Å². The molecule has 5 rings (SSSR count). The van der Waals surface area contributed by atoms with Crippen molar-refractivity contribution in [3.63, 3.8) is 0 Å². The summed E-state index contributed by atoms with van der Waals surface area (Å²) in [6, 6.07) is 17.4. The molecule has 9 heteroatoms. The number of methoxy groups -OCH3 is 1. The quantitative estimate of drug-likeness (QED) is 0.209. The predicted molar refractivity (Wildman–Crippen MR) is 148 cm³/mol. The van der Waals surface area contributed by atoms with Crippen LogP contribution in [0.4, 0.5) is 19.2 Å². The molecule has 0 radical (unpaired) electrons. The molecule has 1 saturated carbocycles. The lowest BCUT2D eigenvalue weighted by atomic mass is 9.77. The largest absolute Gasteiger partial charge is 0.469 e. The third-order valence-electron chi connectivity index (χ3n) is 8.52. The highest BCUT2D eigenvalue weighted by Gasteiger charge is 2.42. The summed E-state index contributed by atoms with van der Waals surface area (Å²) in [6.45, 7) is 0.994. The second-order valence-electron chi connectivity index (χ2n) is 11.2. The highest BCUT2D eigenvalue weighted by molar-refractivity contribution is 5.96. The Morgan fingerprint density at radius 3 is 2.12 bits per heavy atom. The summed E-state index contributed by atoms with van der Waals surface area (Å²) in [5.41, 5.74) is 1.70. The van der Waals surface area contributed by atoms with Crippen molar-refractivity contribution in [2.24, 2.45) is 5.92 Å². The fourth-order valence-corrected chi connectivity index (χ4v) is 6.15. The van der Waals surface area contributed by atoms with E-state index < -0.39 is 23.4 Å². The summed E-state index contributed by atoms with van der Waals surface area (Å²) in [5, 5.41) is 0. The number of ether oxygens (including phenoxy) is 1. The first-order chi connectivity index (χ1) is 19.7. The lowest BCUT2D eigenvalue weighted by molar-refractivity contribution is -0.142. The van der Waals surface area contributed by atoms with Gasteiger partial charge in [0.05, 0.1) is 7.11 Å². The van der Waals surface area contributed by atoms with Crippen molar-refractivity contribution in [3.05, 3.63) is 82.7 Å². The third kappa shape index (κ3) is 7.00. The molecule has 3 aromatic rings. The molecular formula is C32H35F3N2O4. The zero-order valence-corrected chi connectivity index (χ0v) is 23.2. The molecule has 0 N–H and O–H groups in total. The van der Waals surface area contributed by atoms with Crippen molar-refractivity contribution < 1.29 is 31.9 Å². The van der Waals surface area contributed by atoms with E-state index in [2.05, 4.69) is 17.1 Å². The van der Waals surface area contributed by atoms with Crippen LogP contribution in [0.2, 0.25) is 0 Å². The van der Waals surface area contributed by atoms with Crippen molar-refractivity contribution in [1.82, 2.24) is 4.98 Å². The number of aromatic nitrogens is 1. The van der Waals surface area contributed by atoms with Crippen molar-refractivity contribution in [2.75, 3.05) is 25.1 Å². The maximum Gasteiger partial charge on any atom is 0.437 e. The number of piperidine rings is 1. The van der Waals surface area contributed by atoms with Gasteiger partial charge in [-0.2, -0.15) is 18.2 Å². The molecule has 218 valence electrons. The Morgan fingerprint density at radius 2 is 1.51 bits per heavy atom. The van der Waals surface area contributed by atoms with E-state index in [1.807, 2.05) is 30.3 Å². The Kier molecular flexibility index (Phi) is 8.80. The number of esters is 1. The van der Waals surface area contributed by atoms with Crippen LogP contribution >= 0.6 is 0 Å². The Bertz CT molecular complexity index is 1320. The van der Waals surface area contributed by atoms with Crippen molar-refractivity contribution >= 4 is 17.8 Å². The minimum atomic E-state index is -4.80. The molecule has 0 bridgehead atoms. The second kappa shape index (κ2) is 12.5. The number of hydrogen-bond donors (Lipinski definition) is 0. The minimum Gasteiger partial charge on any atom is -0.469 e. The van der Waals surface area contributed by atoms with Crippen LogP contribution in [0.15, 0.2) is 59.0 Å². The normalized spacial score (nSPS) is 20.1. The van der Waals surface area contributed by atoms with Gasteiger partial charge in [0.2, 0.25) is 11.5 Å². The van der Waals surface area contributed by atoms with E-state index in [1.54, 1.807) is 17.0 Å². The number of carbonyl (C=O) groups excluding carboxylic acids is 2. The van der Waals surface area contributed by atoms with Crippen LogP contribution in [0.3, 0.4) is 0 Å². The van der Waals surface area contributed by atoms with Gasteiger partial charge in [0.25, 0.3) is 6.01 Å². The molecule has 0 unspecified atom stereocenters. The number of nitrogens with zero attached hydrogens (tertiary/aromatic N) is 2. The van der Waals surface area contributed by atoms with Gasteiger partial charge in [-0.15, -0.1) is 0 Å². The van der Waals surface area contributed by atoms with E-state index in [0.717, 1.165) is 44.1 Å². The molecule has 1 aromatic heterocycles. The van der Waals surface area contributed by atoms with E-state index in [9.17, 15) is 22.8 Å². The van der Waals surface area contributed by atoms with Crippen LogP contribution in [0.25, 0.3) is 0 Å². The van der Waals surface area contributed by atoms with Crippen molar-refractivity contribution in [2.45, 2.75) is 69.4 Å². The van der Waals surface area contributed by atoms with E-state index >= 15 is 0 Å². The van der Waals surface area contributed by atoms with Gasteiger partial charge in [-0.25, -0.2) is 0 Å². The van der Waals surface area contributed by atoms with Gasteiger partial charge in [0.1, 0.15) is 0 Å². The number of Topliss-reactive ketones (excluding diaryl/α,β-unsaturated/α-hetero) is 1. The fourth-order valence-electron chi connectivity index (χ4n) is 6.15. The third-order valence-corrected chi connectivity index (χ3v) is 8.52. The van der Waals surface area contributed by atoms with E-state index in [4.69, 9.17) is 9.15 Å². The Hall–Kier alpha value is -3.62. The first kappa shape index (κ1) is 28.9. The Morgan fingerprint density at radius 1 is 0.902 bits per heavy atom. The summed E-state index contributed by atoms with van der Waals surface area (Å²) in [5.74, 6) is -0.642. The number of anilines is 1. The number of rotatable bonds is 8. The first-order valence-corrected chi connectivity index (χ1v) is 14.3. The maximum absolute atomic E-state index is 13.9. The minimum absolute atomic E-state index is 0.148. The van der Waals surface area contributed by atoms with Gasteiger partial charge in [-0.1, -0.05) is 54.6 Å². The number of oxazole rings is 1. The highest BCUT2D eigenvalue weighted by Crippen LogP contribution is 2.38. The van der Waals surface area contributed by atoms with Crippen LogP contribution < -0.4 is 4.90 Å². The number of ketones is 1. The molecule has 0 spiro atoms. The smallest absolute Gasteiger partial charge is 0.437 e. The molecule has 2 fully saturated rings. The fraction of sp³-hybridized carbons (Fsp3) is 0.469. The Labute approximate surface area is 237 Å². The lowest BCUT2D eigenvalue weighted by Crippen LogP contribution is -2.33. The van der Waals surface area contributed by atoms with Crippen LogP contribution in [-0.4, -0.2) is 36.9 Å². The SMILES string of the molecule is COC(=O)CC1CCC(c2ccc(CC(=O)c3oc(N4CCC(c5ccccc5)CC4)nc3C(F)(F)F)cc2)CC1. The topological polar surface area (TPSA) is 72.6 Å². The number of benzene rings is 2. The highest BCUT2D eigenvalue weighted by atomic mass is 19.4. The van der Waals surface area contributed by atoms with Gasteiger partial charge in [-0.3, -0.25) is 9.59 Å². The summed E-state index contributed by atoms with van der Waals surface area (Å²) < 4.78 is 51.9. The summed E-state index contributed by atoms with van der Waals surface area (Å²) >= 11 is 0. The molecule has 6 nitrogen and oxygen atoms in total. The van der Waals surface area contributed by atoms with Crippen LogP contribution in [0, 0.1) is 5.92 Å². The van der Waals surface area contributed by atoms with E-state index in [1.165, 1.54) is 12.7 Å². The number of hydrogen-bond acceptors (Lipinski definition) is 6. The van der Waals surface area contributed by atoms with Gasteiger partial charge in [0.15, 0.2) is 5.69 Å². The zero-order valence-electron chi connectivity index (χ0n) is 23.2. The van der Waals surface area contributed by atoms with Crippen molar-refractivity contribution in [1.29, 1.82) is 0 Å². The zero-order chi connectivity index (χ0) is 29.0.